The molecule has 2 aliphatic heterocycles. The molecule has 3 heterocycles. The highest BCUT2D eigenvalue weighted by atomic mass is 16.2. The van der Waals surface area contributed by atoms with Crippen LogP contribution in [0, 0.1) is 6.92 Å². The molecule has 0 saturated carbocycles. The summed E-state index contributed by atoms with van der Waals surface area (Å²) < 4.78 is 1.87. The molecule has 0 bridgehead atoms. The van der Waals surface area contributed by atoms with E-state index in [1.807, 2.05) is 27.8 Å². The van der Waals surface area contributed by atoms with Gasteiger partial charge in [-0.05, 0) is 37.0 Å². The second-order valence-electron chi connectivity index (χ2n) is 7.20. The molecule has 6 nitrogen and oxygen atoms in total. The lowest BCUT2D eigenvalue weighted by Crippen LogP contribution is -2.36. The molecule has 0 spiro atoms. The number of hydrogen-bond donors (Lipinski definition) is 0. The van der Waals surface area contributed by atoms with Crippen LogP contribution in [0.4, 0.5) is 0 Å². The van der Waals surface area contributed by atoms with Crippen LogP contribution < -0.4 is 0 Å². The summed E-state index contributed by atoms with van der Waals surface area (Å²) in [5, 5.41) is 4.53. The van der Waals surface area contributed by atoms with Crippen molar-refractivity contribution >= 4 is 11.8 Å². The maximum absolute atomic E-state index is 13.1. The maximum Gasteiger partial charge on any atom is 0.274 e. The third-order valence-electron chi connectivity index (χ3n) is 5.52. The van der Waals surface area contributed by atoms with Crippen LogP contribution in [0.15, 0.2) is 30.3 Å². The number of likely N-dealkylation sites (tertiary alicyclic amines) is 1. The molecule has 0 aliphatic carbocycles. The predicted molar refractivity (Wildman–Crippen MR) is 97.5 cm³/mol. The Kier molecular flexibility index (Phi) is 4.26. The van der Waals surface area contributed by atoms with Crippen LogP contribution in [-0.4, -0.2) is 44.5 Å². The van der Waals surface area contributed by atoms with Crippen molar-refractivity contribution < 1.29 is 9.59 Å². The minimum Gasteiger partial charge on any atom is -0.335 e. The van der Waals surface area contributed by atoms with Crippen LogP contribution in [0.5, 0.6) is 0 Å². The van der Waals surface area contributed by atoms with E-state index >= 15 is 0 Å². The van der Waals surface area contributed by atoms with Gasteiger partial charge in [-0.15, -0.1) is 0 Å². The summed E-state index contributed by atoms with van der Waals surface area (Å²) in [7, 11) is 0. The molecule has 2 aromatic rings. The van der Waals surface area contributed by atoms with Gasteiger partial charge in [0.1, 0.15) is 0 Å². The number of amides is 2. The minimum absolute atomic E-state index is 0.00738. The maximum atomic E-state index is 13.1. The Labute approximate surface area is 153 Å². The van der Waals surface area contributed by atoms with Crippen LogP contribution in [0.3, 0.4) is 0 Å². The second kappa shape index (κ2) is 6.59. The lowest BCUT2D eigenvalue weighted by atomic mass is 9.99. The normalized spacial score (nSPS) is 19.5. The molecule has 1 aromatic carbocycles. The first-order chi connectivity index (χ1) is 12.5. The third-order valence-corrected chi connectivity index (χ3v) is 5.52. The van der Waals surface area contributed by atoms with Crippen molar-refractivity contribution in [2.75, 3.05) is 13.1 Å². The van der Waals surface area contributed by atoms with Gasteiger partial charge in [0.15, 0.2) is 5.69 Å². The topological polar surface area (TPSA) is 58.4 Å². The molecule has 1 aromatic heterocycles. The van der Waals surface area contributed by atoms with Crippen molar-refractivity contribution in [1.29, 1.82) is 0 Å². The summed E-state index contributed by atoms with van der Waals surface area (Å²) in [6.07, 6.45) is 2.00. The first kappa shape index (κ1) is 16.8. The number of aryl methyl sites for hydroxylation is 1. The highest BCUT2D eigenvalue weighted by molar-refractivity contribution is 5.93. The number of hydrogen-bond acceptors (Lipinski definition) is 3. The Bertz CT molecular complexity index is 857. The van der Waals surface area contributed by atoms with Crippen LogP contribution in [0.25, 0.3) is 0 Å². The van der Waals surface area contributed by atoms with Gasteiger partial charge in [-0.3, -0.25) is 14.3 Å². The van der Waals surface area contributed by atoms with Crippen LogP contribution in [0.2, 0.25) is 0 Å². The lowest BCUT2D eigenvalue weighted by Gasteiger charge is -2.26. The first-order valence-corrected chi connectivity index (χ1v) is 9.23. The third kappa shape index (κ3) is 2.89. The quantitative estimate of drug-likeness (QED) is 0.834. The molecule has 26 heavy (non-hydrogen) atoms. The summed E-state index contributed by atoms with van der Waals surface area (Å²) >= 11 is 0. The number of carbonyl (C=O) groups is 2. The Morgan fingerprint density at radius 1 is 1.15 bits per heavy atom. The van der Waals surface area contributed by atoms with Crippen molar-refractivity contribution in [3.05, 3.63) is 52.8 Å². The summed E-state index contributed by atoms with van der Waals surface area (Å²) in [6.45, 7) is 6.25. The minimum atomic E-state index is -0.00738. The van der Waals surface area contributed by atoms with Crippen LogP contribution in [-0.2, 0) is 17.9 Å². The van der Waals surface area contributed by atoms with E-state index in [1.165, 1.54) is 11.1 Å². The molecule has 2 aliphatic rings. The van der Waals surface area contributed by atoms with Crippen LogP contribution >= 0.6 is 0 Å². The van der Waals surface area contributed by atoms with Crippen LogP contribution in [0.1, 0.15) is 53.1 Å². The fraction of sp³-hybridized carbons (Fsp3) is 0.450. The average Bonchev–Trinajstić information content (AvgIpc) is 3.27. The van der Waals surface area contributed by atoms with E-state index in [0.29, 0.717) is 25.3 Å². The first-order valence-electron chi connectivity index (χ1n) is 9.23. The Morgan fingerprint density at radius 3 is 2.73 bits per heavy atom. The van der Waals surface area contributed by atoms with Gasteiger partial charge in [-0.25, -0.2) is 0 Å². The van der Waals surface area contributed by atoms with Gasteiger partial charge in [-0.2, -0.15) is 5.10 Å². The molecule has 0 N–H and O–H groups in total. The predicted octanol–water partition coefficient (Wildman–Crippen LogP) is 2.53. The van der Waals surface area contributed by atoms with Gasteiger partial charge in [0.2, 0.25) is 5.91 Å². The largest absolute Gasteiger partial charge is 0.335 e. The van der Waals surface area contributed by atoms with E-state index in [2.05, 4.69) is 24.2 Å². The zero-order valence-corrected chi connectivity index (χ0v) is 15.3. The Hall–Kier alpha value is -2.63. The summed E-state index contributed by atoms with van der Waals surface area (Å²) in [4.78, 5) is 28.5. The zero-order valence-electron chi connectivity index (χ0n) is 15.3. The van der Waals surface area contributed by atoms with Crippen molar-refractivity contribution in [2.24, 2.45) is 0 Å². The second-order valence-corrected chi connectivity index (χ2v) is 7.20. The standard InChI is InChI=1S/C20H24N4O2/c1-14-6-3-4-7-17(14)19-8-5-9-23(19)20(26)18-12-16-13-22(15(2)25)10-11-24(16)21-18/h3-4,6-7,12,19H,5,8-11,13H2,1-2H3/t19-/m0/s1. The van der Waals surface area contributed by atoms with Gasteiger partial charge < -0.3 is 9.80 Å². The molecule has 1 saturated heterocycles. The van der Waals surface area contributed by atoms with Crippen molar-refractivity contribution in [1.82, 2.24) is 19.6 Å². The molecule has 0 unspecified atom stereocenters. The van der Waals surface area contributed by atoms with Crippen molar-refractivity contribution in [3.8, 4) is 0 Å². The number of benzene rings is 1. The number of carbonyl (C=O) groups excluding carboxylic acids is 2. The summed E-state index contributed by atoms with van der Waals surface area (Å²) in [5.74, 6) is 0.0523. The Morgan fingerprint density at radius 2 is 1.96 bits per heavy atom. The van der Waals surface area contributed by atoms with Gasteiger partial charge in [0.25, 0.3) is 5.91 Å². The van der Waals surface area contributed by atoms with E-state index in [4.69, 9.17) is 0 Å². The molecular weight excluding hydrogens is 328 g/mol. The molecule has 1 atom stereocenters. The summed E-state index contributed by atoms with van der Waals surface area (Å²) in [6, 6.07) is 10.3. The fourth-order valence-corrected chi connectivity index (χ4v) is 4.08. The van der Waals surface area contributed by atoms with Gasteiger partial charge in [0, 0.05) is 20.0 Å². The van der Waals surface area contributed by atoms with E-state index in [1.54, 1.807) is 11.8 Å². The molecule has 0 radical (unpaired) electrons. The molecule has 4 rings (SSSR count). The van der Waals surface area contributed by atoms with E-state index in [0.717, 1.165) is 25.1 Å². The number of fused-ring (bicyclic) bond motifs is 1. The average molecular weight is 352 g/mol. The highest BCUT2D eigenvalue weighted by Crippen LogP contribution is 2.34. The molecule has 2 amide bonds. The highest BCUT2D eigenvalue weighted by Gasteiger charge is 2.33. The van der Waals surface area contributed by atoms with Gasteiger partial charge in [-0.1, -0.05) is 24.3 Å². The number of rotatable bonds is 2. The van der Waals surface area contributed by atoms with Crippen molar-refractivity contribution in [2.45, 2.75) is 45.8 Å². The molecular formula is C20H24N4O2. The fourth-order valence-electron chi connectivity index (χ4n) is 4.08. The number of nitrogens with zero attached hydrogens (tertiary/aromatic N) is 4. The Balaban J connectivity index is 1.58. The van der Waals surface area contributed by atoms with Gasteiger partial charge >= 0.3 is 0 Å². The van der Waals surface area contributed by atoms with E-state index < -0.39 is 0 Å². The monoisotopic (exact) mass is 352 g/mol. The van der Waals surface area contributed by atoms with E-state index in [9.17, 15) is 9.59 Å². The van der Waals surface area contributed by atoms with E-state index in [-0.39, 0.29) is 17.9 Å². The smallest absolute Gasteiger partial charge is 0.274 e. The SMILES string of the molecule is CC(=O)N1CCn2nc(C(=O)N3CCC[C@H]3c3ccccc3C)cc2C1. The molecule has 6 heteroatoms. The van der Waals surface area contributed by atoms with Crippen molar-refractivity contribution in [3.63, 3.8) is 0 Å². The number of aromatic nitrogens is 2. The zero-order chi connectivity index (χ0) is 18.3. The molecule has 1 fully saturated rings. The lowest BCUT2D eigenvalue weighted by molar-refractivity contribution is -0.130. The summed E-state index contributed by atoms with van der Waals surface area (Å²) in [5.41, 5.74) is 3.87. The van der Waals surface area contributed by atoms with Gasteiger partial charge in [0.05, 0.1) is 24.8 Å². The molecule has 136 valence electrons.